The number of unbranched alkanes of at least 4 members (excludes halogenated alkanes) is 1. The second-order valence-corrected chi connectivity index (χ2v) is 9.07. The van der Waals surface area contributed by atoms with Crippen molar-refractivity contribution < 1.29 is 4.74 Å². The summed E-state index contributed by atoms with van der Waals surface area (Å²) in [5.74, 6) is 2.10. The minimum absolute atomic E-state index is 0.320. The van der Waals surface area contributed by atoms with Crippen molar-refractivity contribution >= 4 is 28.8 Å². The zero-order chi connectivity index (χ0) is 20.1. The molecule has 0 spiro atoms. The van der Waals surface area contributed by atoms with Crippen LogP contribution in [0, 0.1) is 5.41 Å². The van der Waals surface area contributed by atoms with Gasteiger partial charge < -0.3 is 14.5 Å². The number of ether oxygens (including phenoxy) is 1. The van der Waals surface area contributed by atoms with Crippen LogP contribution in [-0.2, 0) is 0 Å². The topological polar surface area (TPSA) is 15.7 Å². The largest absolute Gasteiger partial charge is 0.495 e. The summed E-state index contributed by atoms with van der Waals surface area (Å²) < 4.78 is 5.72. The van der Waals surface area contributed by atoms with Crippen molar-refractivity contribution in [3.63, 3.8) is 0 Å². The van der Waals surface area contributed by atoms with Crippen molar-refractivity contribution in [1.82, 2.24) is 0 Å². The quantitative estimate of drug-likeness (QED) is 0.522. The second kappa shape index (κ2) is 9.13. The zero-order valence-corrected chi connectivity index (χ0v) is 18.8. The lowest BCUT2D eigenvalue weighted by atomic mass is 9.81. The Morgan fingerprint density at radius 3 is 2.50 bits per heavy atom. The smallest absolute Gasteiger partial charge is 0.143 e. The average Bonchev–Trinajstić information content (AvgIpc) is 2.89. The highest BCUT2D eigenvalue weighted by Gasteiger charge is 2.35. The third kappa shape index (κ3) is 4.27. The Balaban J connectivity index is 2.13. The number of rotatable bonds is 7. The summed E-state index contributed by atoms with van der Waals surface area (Å²) in [5, 5.41) is 0. The van der Waals surface area contributed by atoms with E-state index >= 15 is 0 Å². The summed E-state index contributed by atoms with van der Waals surface area (Å²) in [5.41, 5.74) is 4.02. The Morgan fingerprint density at radius 1 is 1.14 bits per heavy atom. The van der Waals surface area contributed by atoms with Gasteiger partial charge in [-0.2, -0.15) is 0 Å². The SMILES string of the molecule is CCCCC1(CC)CSc2cc(OC)c(N(C)C)cc2N(c2ccccc2)C1. The Kier molecular flexibility index (Phi) is 6.82. The summed E-state index contributed by atoms with van der Waals surface area (Å²) in [6, 6.07) is 15.4. The maximum Gasteiger partial charge on any atom is 0.143 e. The molecule has 152 valence electrons. The fourth-order valence-corrected chi connectivity index (χ4v) is 5.42. The van der Waals surface area contributed by atoms with E-state index in [0.717, 1.165) is 23.7 Å². The van der Waals surface area contributed by atoms with E-state index in [4.69, 9.17) is 4.74 Å². The van der Waals surface area contributed by atoms with Gasteiger partial charge in [-0.3, -0.25) is 0 Å². The Labute approximate surface area is 175 Å². The lowest BCUT2D eigenvalue weighted by Gasteiger charge is -2.37. The van der Waals surface area contributed by atoms with E-state index in [9.17, 15) is 0 Å². The molecule has 0 amide bonds. The molecule has 2 aromatic carbocycles. The van der Waals surface area contributed by atoms with Gasteiger partial charge in [0.15, 0.2) is 0 Å². The van der Waals surface area contributed by atoms with Gasteiger partial charge in [0.1, 0.15) is 5.75 Å². The maximum atomic E-state index is 5.72. The number of nitrogens with zero attached hydrogens (tertiary/aromatic N) is 2. The molecule has 3 nitrogen and oxygen atoms in total. The molecule has 4 heteroatoms. The van der Waals surface area contributed by atoms with Crippen LogP contribution in [0.5, 0.6) is 5.75 Å². The standard InChI is InChI=1S/C24H34N2OS/c1-6-8-14-24(7-2)17-26(19-12-10-9-11-13-19)21-15-20(25(3)4)22(27-5)16-23(21)28-18-24/h9-13,15-16H,6-8,14,17-18H2,1-5H3. The number of anilines is 3. The molecule has 0 N–H and O–H groups in total. The van der Waals surface area contributed by atoms with Crippen LogP contribution >= 0.6 is 11.8 Å². The zero-order valence-electron chi connectivity index (χ0n) is 18.0. The molecule has 1 aliphatic rings. The molecule has 0 radical (unpaired) electrons. The third-order valence-corrected chi connectivity index (χ3v) is 7.33. The van der Waals surface area contributed by atoms with Gasteiger partial charge >= 0.3 is 0 Å². The van der Waals surface area contributed by atoms with Crippen LogP contribution < -0.4 is 14.5 Å². The molecule has 1 aliphatic heterocycles. The first-order valence-electron chi connectivity index (χ1n) is 10.4. The van der Waals surface area contributed by atoms with E-state index < -0.39 is 0 Å². The normalized spacial score (nSPS) is 19.1. The van der Waals surface area contributed by atoms with Crippen LogP contribution in [0.1, 0.15) is 39.5 Å². The molecule has 0 fully saturated rings. The Morgan fingerprint density at radius 2 is 1.89 bits per heavy atom. The Bertz CT molecular complexity index is 778. The predicted molar refractivity (Wildman–Crippen MR) is 124 cm³/mol. The van der Waals surface area contributed by atoms with Crippen molar-refractivity contribution in [2.75, 3.05) is 43.3 Å². The molecule has 0 bridgehead atoms. The fourth-order valence-electron chi connectivity index (χ4n) is 4.01. The van der Waals surface area contributed by atoms with Gasteiger partial charge in [-0.15, -0.1) is 11.8 Å². The van der Waals surface area contributed by atoms with Gasteiger partial charge in [-0.25, -0.2) is 0 Å². The monoisotopic (exact) mass is 398 g/mol. The summed E-state index contributed by atoms with van der Waals surface area (Å²) >= 11 is 2.00. The maximum absolute atomic E-state index is 5.72. The lowest BCUT2D eigenvalue weighted by Crippen LogP contribution is -2.36. The van der Waals surface area contributed by atoms with E-state index in [1.165, 1.54) is 42.0 Å². The minimum Gasteiger partial charge on any atom is -0.495 e. The van der Waals surface area contributed by atoms with Crippen molar-refractivity contribution in [2.45, 2.75) is 44.4 Å². The number of fused-ring (bicyclic) bond motifs is 1. The highest BCUT2D eigenvalue weighted by Crippen LogP contribution is 2.49. The van der Waals surface area contributed by atoms with Gasteiger partial charge in [0.25, 0.3) is 0 Å². The first-order valence-corrected chi connectivity index (χ1v) is 11.4. The molecule has 2 aromatic rings. The molecular formula is C24H34N2OS. The number of hydrogen-bond donors (Lipinski definition) is 0. The Hall–Kier alpha value is -1.81. The summed E-state index contributed by atoms with van der Waals surface area (Å²) in [4.78, 5) is 6.00. The molecule has 1 unspecified atom stereocenters. The average molecular weight is 399 g/mol. The third-order valence-electron chi connectivity index (χ3n) is 5.94. The number of para-hydroxylation sites is 1. The van der Waals surface area contributed by atoms with Gasteiger partial charge in [0.05, 0.1) is 18.5 Å². The van der Waals surface area contributed by atoms with E-state index in [0.29, 0.717) is 5.41 Å². The van der Waals surface area contributed by atoms with Crippen LogP contribution in [0.2, 0.25) is 0 Å². The van der Waals surface area contributed by atoms with Crippen LogP contribution in [-0.4, -0.2) is 33.5 Å². The van der Waals surface area contributed by atoms with Crippen molar-refractivity contribution in [2.24, 2.45) is 5.41 Å². The molecule has 1 heterocycles. The molecule has 0 aliphatic carbocycles. The highest BCUT2D eigenvalue weighted by molar-refractivity contribution is 7.99. The van der Waals surface area contributed by atoms with Crippen molar-refractivity contribution in [1.29, 1.82) is 0 Å². The molecule has 1 atom stereocenters. The minimum atomic E-state index is 0.320. The van der Waals surface area contributed by atoms with Crippen LogP contribution in [0.15, 0.2) is 47.4 Å². The molecule has 0 saturated heterocycles. The van der Waals surface area contributed by atoms with Crippen LogP contribution in [0.25, 0.3) is 0 Å². The lowest BCUT2D eigenvalue weighted by molar-refractivity contribution is 0.295. The van der Waals surface area contributed by atoms with E-state index in [2.05, 4.69) is 80.2 Å². The predicted octanol–water partition coefficient (Wildman–Crippen LogP) is 6.59. The molecule has 28 heavy (non-hydrogen) atoms. The number of methoxy groups -OCH3 is 1. The molecule has 0 saturated carbocycles. The van der Waals surface area contributed by atoms with Crippen LogP contribution in [0.3, 0.4) is 0 Å². The first kappa shape index (κ1) is 20.9. The second-order valence-electron chi connectivity index (χ2n) is 8.05. The van der Waals surface area contributed by atoms with Gasteiger partial charge in [-0.1, -0.05) is 44.9 Å². The van der Waals surface area contributed by atoms with Crippen molar-refractivity contribution in [3.8, 4) is 5.75 Å². The molecule has 0 aromatic heterocycles. The summed E-state index contributed by atoms with van der Waals surface area (Å²) in [7, 11) is 5.93. The van der Waals surface area contributed by atoms with Gasteiger partial charge in [-0.05, 0) is 42.5 Å². The van der Waals surface area contributed by atoms with E-state index in [1.807, 2.05) is 11.8 Å². The van der Waals surface area contributed by atoms with Gasteiger partial charge in [0, 0.05) is 37.0 Å². The van der Waals surface area contributed by atoms with Crippen LogP contribution in [0.4, 0.5) is 17.1 Å². The van der Waals surface area contributed by atoms with E-state index in [1.54, 1.807) is 7.11 Å². The summed E-state index contributed by atoms with van der Waals surface area (Å²) in [6.07, 6.45) is 5.03. The van der Waals surface area contributed by atoms with Gasteiger partial charge in [0.2, 0.25) is 0 Å². The summed E-state index contributed by atoms with van der Waals surface area (Å²) in [6.45, 7) is 5.72. The molecule has 3 rings (SSSR count). The first-order chi connectivity index (χ1) is 13.5. The molecular weight excluding hydrogens is 364 g/mol. The number of benzene rings is 2. The fraction of sp³-hybridized carbons (Fsp3) is 0.500. The highest BCUT2D eigenvalue weighted by atomic mass is 32.2. The number of thioether (sulfide) groups is 1. The van der Waals surface area contributed by atoms with Crippen molar-refractivity contribution in [3.05, 3.63) is 42.5 Å². The number of hydrogen-bond acceptors (Lipinski definition) is 4. The van der Waals surface area contributed by atoms with E-state index in [-0.39, 0.29) is 0 Å².